The molecular formula is C15H23O4P. The van der Waals surface area contributed by atoms with Crippen molar-refractivity contribution in [1.29, 1.82) is 0 Å². The van der Waals surface area contributed by atoms with Gasteiger partial charge in [-0.1, -0.05) is 50.6 Å². The molecule has 0 heterocycles. The second-order valence-corrected chi connectivity index (χ2v) is 8.26. The number of hydrogen-bond donors (Lipinski definition) is 0. The van der Waals surface area contributed by atoms with E-state index in [0.29, 0.717) is 18.9 Å². The first-order valence-electron chi connectivity index (χ1n) is 6.61. The Morgan fingerprint density at radius 1 is 1.25 bits per heavy atom. The quantitative estimate of drug-likeness (QED) is 0.721. The lowest BCUT2D eigenvalue weighted by molar-refractivity contribution is -0.191. The lowest BCUT2D eigenvalue weighted by Gasteiger charge is -2.17. The number of hydrogen-bond acceptors (Lipinski definition) is 4. The van der Waals surface area contributed by atoms with Gasteiger partial charge >= 0.3 is 6.15 Å². The zero-order valence-corrected chi connectivity index (χ0v) is 13.3. The van der Waals surface area contributed by atoms with Crippen molar-refractivity contribution >= 4 is 13.3 Å². The first kappa shape index (κ1) is 18.8. The van der Waals surface area contributed by atoms with Crippen LogP contribution in [0.1, 0.15) is 25.8 Å². The third-order valence-electron chi connectivity index (χ3n) is 2.87. The van der Waals surface area contributed by atoms with Gasteiger partial charge in [-0.2, -0.15) is 9.59 Å². The summed E-state index contributed by atoms with van der Waals surface area (Å²) < 4.78 is 17.8. The van der Waals surface area contributed by atoms with Crippen LogP contribution in [-0.2, 0) is 25.5 Å². The molecule has 0 N–H and O–H groups in total. The fourth-order valence-corrected chi connectivity index (χ4v) is 3.93. The van der Waals surface area contributed by atoms with E-state index in [2.05, 4.69) is 13.8 Å². The Hall–Kier alpha value is -1.21. The molecule has 0 saturated carbocycles. The number of ether oxygens (including phenoxy) is 1. The van der Waals surface area contributed by atoms with Gasteiger partial charge in [0.05, 0.1) is 13.0 Å². The van der Waals surface area contributed by atoms with Crippen LogP contribution in [-0.4, -0.2) is 25.3 Å². The summed E-state index contributed by atoms with van der Waals surface area (Å²) in [6, 6.07) is 10.0. The Morgan fingerprint density at radius 3 is 2.30 bits per heavy atom. The van der Waals surface area contributed by atoms with Gasteiger partial charge in [0.1, 0.15) is 7.14 Å². The van der Waals surface area contributed by atoms with Gasteiger partial charge in [0.2, 0.25) is 0 Å². The van der Waals surface area contributed by atoms with E-state index in [9.17, 15) is 4.57 Å². The van der Waals surface area contributed by atoms with Crippen molar-refractivity contribution in [2.45, 2.75) is 26.9 Å². The van der Waals surface area contributed by atoms with Gasteiger partial charge < -0.3 is 9.30 Å². The van der Waals surface area contributed by atoms with Crippen LogP contribution in [0.15, 0.2) is 30.3 Å². The molecular weight excluding hydrogens is 275 g/mol. The maximum absolute atomic E-state index is 12.2. The summed E-state index contributed by atoms with van der Waals surface area (Å²) in [5.41, 5.74) is 1.14. The van der Waals surface area contributed by atoms with Crippen molar-refractivity contribution in [3.05, 3.63) is 35.9 Å². The van der Waals surface area contributed by atoms with E-state index in [-0.39, 0.29) is 6.15 Å². The van der Waals surface area contributed by atoms with Crippen LogP contribution < -0.4 is 0 Å². The summed E-state index contributed by atoms with van der Waals surface area (Å²) in [4.78, 5) is 16.2. The highest BCUT2D eigenvalue weighted by Crippen LogP contribution is 2.43. The van der Waals surface area contributed by atoms with E-state index >= 15 is 0 Å². The summed E-state index contributed by atoms with van der Waals surface area (Å²) in [6.07, 6.45) is 2.51. The fourth-order valence-electron chi connectivity index (χ4n) is 1.77. The van der Waals surface area contributed by atoms with Gasteiger partial charge in [-0.3, -0.25) is 0 Å². The van der Waals surface area contributed by atoms with Gasteiger partial charge in [-0.15, -0.1) is 0 Å². The number of carbonyl (C=O) groups excluding carboxylic acids is 2. The lowest BCUT2D eigenvalue weighted by atomic mass is 10.2. The molecule has 1 aromatic rings. The Morgan fingerprint density at radius 2 is 1.80 bits per heavy atom. The number of benzene rings is 1. The van der Waals surface area contributed by atoms with E-state index in [1.54, 1.807) is 0 Å². The molecule has 0 bridgehead atoms. The minimum atomic E-state index is -2.12. The Kier molecular flexibility index (Phi) is 9.92. The minimum Gasteiger partial charge on any atom is -0.369 e. The van der Waals surface area contributed by atoms with Crippen molar-refractivity contribution in [1.82, 2.24) is 0 Å². The molecule has 2 atom stereocenters. The van der Waals surface area contributed by atoms with Crippen LogP contribution in [0.5, 0.6) is 0 Å². The predicted octanol–water partition coefficient (Wildman–Crippen LogP) is 3.62. The molecule has 20 heavy (non-hydrogen) atoms. The maximum atomic E-state index is 12.2. The van der Waals surface area contributed by atoms with Gasteiger partial charge in [-0.25, -0.2) is 0 Å². The average Bonchev–Trinajstić information content (AvgIpc) is 2.40. The van der Waals surface area contributed by atoms with Crippen LogP contribution in [0.4, 0.5) is 0 Å². The van der Waals surface area contributed by atoms with Crippen molar-refractivity contribution in [2.24, 2.45) is 5.92 Å². The summed E-state index contributed by atoms with van der Waals surface area (Å²) in [5.74, 6) is 0.520. The highest BCUT2D eigenvalue weighted by atomic mass is 31.2. The lowest BCUT2D eigenvalue weighted by Crippen LogP contribution is -2.05. The summed E-state index contributed by atoms with van der Waals surface area (Å²) >= 11 is 0. The molecule has 0 fully saturated rings. The first-order valence-corrected chi connectivity index (χ1v) is 9.14. The third kappa shape index (κ3) is 9.69. The molecule has 112 valence electrons. The second kappa shape index (κ2) is 10.6. The van der Waals surface area contributed by atoms with Gasteiger partial charge in [0.15, 0.2) is 0 Å². The molecule has 5 heteroatoms. The van der Waals surface area contributed by atoms with Crippen LogP contribution in [0, 0.1) is 5.92 Å². The van der Waals surface area contributed by atoms with Gasteiger partial charge in [0, 0.05) is 6.16 Å². The van der Waals surface area contributed by atoms with Gasteiger partial charge in [0.25, 0.3) is 0 Å². The Bertz CT molecular complexity index is 438. The number of rotatable bonds is 7. The van der Waals surface area contributed by atoms with Crippen LogP contribution in [0.2, 0.25) is 0 Å². The standard InChI is InChI=1S/C14H23O2P.CO2/c1-4-13(2)11-17(3,15)12-16-10-14-8-6-5-7-9-14;2-1-3/h5-9,13H,4,10-12H2,1-3H3;. The van der Waals surface area contributed by atoms with Gasteiger partial charge in [-0.05, 0) is 18.1 Å². The van der Waals surface area contributed by atoms with E-state index < -0.39 is 7.14 Å². The zero-order valence-electron chi connectivity index (χ0n) is 12.4. The topological polar surface area (TPSA) is 60.4 Å². The monoisotopic (exact) mass is 298 g/mol. The van der Waals surface area contributed by atoms with Crippen molar-refractivity contribution in [3.63, 3.8) is 0 Å². The zero-order chi connectivity index (χ0) is 15.4. The highest BCUT2D eigenvalue weighted by Gasteiger charge is 2.18. The first-order chi connectivity index (χ1) is 9.45. The molecule has 0 aliphatic rings. The molecule has 0 saturated heterocycles. The molecule has 0 aromatic heterocycles. The predicted molar refractivity (Wildman–Crippen MR) is 79.0 cm³/mol. The van der Waals surface area contributed by atoms with Crippen molar-refractivity contribution < 1.29 is 18.9 Å². The highest BCUT2D eigenvalue weighted by molar-refractivity contribution is 7.62. The molecule has 0 aliphatic heterocycles. The molecule has 4 nitrogen and oxygen atoms in total. The molecule has 0 radical (unpaired) electrons. The van der Waals surface area contributed by atoms with Crippen LogP contribution in [0.3, 0.4) is 0 Å². The molecule has 0 aliphatic carbocycles. The Labute approximate surface area is 120 Å². The Balaban J connectivity index is 0.00000110. The third-order valence-corrected chi connectivity index (χ3v) is 5.00. The van der Waals surface area contributed by atoms with Crippen molar-refractivity contribution in [2.75, 3.05) is 19.2 Å². The van der Waals surface area contributed by atoms with Crippen LogP contribution >= 0.6 is 7.14 Å². The SMILES string of the molecule is CCC(C)CP(C)(=O)COCc1ccccc1.O=C=O. The normalized spacial score (nSPS) is 14.3. The minimum absolute atomic E-state index is 0.250. The van der Waals surface area contributed by atoms with E-state index in [0.717, 1.165) is 18.1 Å². The molecule has 0 spiro atoms. The summed E-state index contributed by atoms with van der Waals surface area (Å²) in [6.45, 7) is 6.69. The van der Waals surface area contributed by atoms with E-state index in [1.165, 1.54) is 0 Å². The second-order valence-electron chi connectivity index (χ2n) is 5.04. The largest absolute Gasteiger partial charge is 0.373 e. The average molecular weight is 298 g/mol. The fraction of sp³-hybridized carbons (Fsp3) is 0.533. The van der Waals surface area contributed by atoms with Crippen molar-refractivity contribution in [3.8, 4) is 0 Å². The smallest absolute Gasteiger partial charge is 0.369 e. The molecule has 1 rings (SSSR count). The van der Waals surface area contributed by atoms with E-state index in [1.807, 2.05) is 37.0 Å². The molecule has 1 aromatic carbocycles. The summed E-state index contributed by atoms with van der Waals surface area (Å²) in [5, 5.41) is 0. The molecule has 2 unspecified atom stereocenters. The van der Waals surface area contributed by atoms with E-state index in [4.69, 9.17) is 14.3 Å². The summed E-state index contributed by atoms with van der Waals surface area (Å²) in [7, 11) is -2.12. The molecule has 0 amide bonds. The maximum Gasteiger partial charge on any atom is 0.373 e. The van der Waals surface area contributed by atoms with Crippen LogP contribution in [0.25, 0.3) is 0 Å².